The fourth-order valence-electron chi connectivity index (χ4n) is 13.5. The summed E-state index contributed by atoms with van der Waals surface area (Å²) in [5.41, 5.74) is 4.74. The van der Waals surface area contributed by atoms with Gasteiger partial charge in [0, 0.05) is 62.2 Å². The third kappa shape index (κ3) is 13.2. The van der Waals surface area contributed by atoms with Crippen molar-refractivity contribution in [2.45, 2.75) is 140 Å². The molecule has 0 unspecified atom stereocenters. The number of nitrogens with one attached hydrogen (secondary N) is 3. The predicted molar refractivity (Wildman–Crippen MR) is 278 cm³/mol. The number of carbonyl (C=O) groups is 1. The van der Waals surface area contributed by atoms with E-state index >= 15 is 0 Å². The van der Waals surface area contributed by atoms with Crippen LogP contribution in [0.3, 0.4) is 0 Å². The zero-order valence-electron chi connectivity index (χ0n) is 43.1. The Morgan fingerprint density at radius 3 is 2.64 bits per heavy atom. The Balaban J connectivity index is 1.29. The standard InChI is InChI=1S/C58H89N3O9/c1-39-16-17-46(29-43-11-8-12-44(28-43)31-56(61-33-39,24-27-69-6)49-14-9-15-50(30-49)60-34-42(4)65)40(2)10-7-13-48(37-70-38-51(66)36-64)52-20-22-58(55(52)67)54-45(21-26-62)18-19-47(53(54)41(3)35-63)32-57(58,68)23-25-59-5/h7-8,10-13,16,18-19,28,35,42,45-47,49-52,54-55,59-62,64-68H,2,9,14-15,17,20-27,29-34,36-38H2,1,3-6H3/b10-7+,39-16+,48-13-,53-41?/t42-,45-,46+,47-,49+,50-,51+,52-,54-,55+,56+,57+,58+/m0/s1. The lowest BCUT2D eigenvalue weighted by Crippen LogP contribution is -2.65. The molecule has 390 valence electrons. The van der Waals surface area contributed by atoms with Crippen LogP contribution in [0.25, 0.3) is 0 Å². The SMILES string of the molecule is C=C(/C=C/C=C(/COC[C@H](O)CO)[C@@H]1CC[C@]2([C@@H]1O)[C@@H]1C(=C(C)C=O)[C@@H](C=C[C@H]1CCO)C[C@]2(O)CCNC)[C@@H]1C/C=C(\C)CN[C@@](CCOC)([C@@H]2CCC[C@H](NC[C@H](C)O)C2)Cc2cccc(c2)C1. The number of aliphatic hydroxyl groups excluding tert-OH is 5. The number of methoxy groups -OCH3 is 1. The van der Waals surface area contributed by atoms with Gasteiger partial charge in [-0.3, -0.25) is 4.79 Å². The quantitative estimate of drug-likeness (QED) is 0.0292. The van der Waals surface area contributed by atoms with E-state index in [1.54, 1.807) is 7.11 Å². The van der Waals surface area contributed by atoms with Crippen LogP contribution in [-0.2, 0) is 27.1 Å². The minimum absolute atomic E-state index is 0.0606. The van der Waals surface area contributed by atoms with Crippen LogP contribution < -0.4 is 16.0 Å². The van der Waals surface area contributed by atoms with Crippen LogP contribution in [0.15, 0.2) is 95.2 Å². The fraction of sp³-hybridized carbons (Fsp3) is 0.672. The van der Waals surface area contributed by atoms with Gasteiger partial charge in [0.25, 0.3) is 0 Å². The van der Waals surface area contributed by atoms with E-state index in [9.17, 15) is 35.4 Å². The van der Waals surface area contributed by atoms with Crippen LogP contribution in [0.4, 0.5) is 0 Å². The average Bonchev–Trinajstić information content (AvgIpc) is 3.70. The molecule has 70 heavy (non-hydrogen) atoms. The number of aldehydes is 1. The Morgan fingerprint density at radius 2 is 1.91 bits per heavy atom. The summed E-state index contributed by atoms with van der Waals surface area (Å²) in [6.07, 6.45) is 21.2. The van der Waals surface area contributed by atoms with Crippen LogP contribution in [0, 0.1) is 40.9 Å². The van der Waals surface area contributed by atoms with Gasteiger partial charge in [-0.25, -0.2) is 0 Å². The van der Waals surface area contributed by atoms with Gasteiger partial charge >= 0.3 is 0 Å². The molecule has 1 heterocycles. The van der Waals surface area contributed by atoms with E-state index in [1.165, 1.54) is 16.7 Å². The van der Waals surface area contributed by atoms with Gasteiger partial charge in [-0.2, -0.15) is 0 Å². The molecule has 0 saturated heterocycles. The van der Waals surface area contributed by atoms with Crippen molar-refractivity contribution in [1.82, 2.24) is 16.0 Å². The lowest BCUT2D eigenvalue weighted by molar-refractivity contribution is -0.194. The van der Waals surface area contributed by atoms with Crippen molar-refractivity contribution >= 4 is 6.29 Å². The molecular formula is C58H89N3O9. The van der Waals surface area contributed by atoms with Gasteiger partial charge in [-0.1, -0.05) is 90.4 Å². The van der Waals surface area contributed by atoms with Crippen molar-refractivity contribution in [3.63, 3.8) is 0 Å². The third-order valence-electron chi connectivity index (χ3n) is 17.2. The Kier molecular flexibility index (Phi) is 21.0. The number of benzene rings is 1. The molecule has 12 nitrogen and oxygen atoms in total. The van der Waals surface area contributed by atoms with Crippen LogP contribution in [0.5, 0.6) is 0 Å². The maximum Gasteiger partial charge on any atom is 0.145 e. The molecule has 0 amide bonds. The second-order valence-electron chi connectivity index (χ2n) is 21.9. The number of ether oxygens (including phenoxy) is 2. The highest BCUT2D eigenvalue weighted by atomic mass is 16.5. The first-order valence-electron chi connectivity index (χ1n) is 26.5. The molecule has 1 aromatic rings. The van der Waals surface area contributed by atoms with Crippen LogP contribution in [0.1, 0.15) is 103 Å². The molecule has 5 aliphatic rings. The van der Waals surface area contributed by atoms with Gasteiger partial charge in [-0.15, -0.1) is 0 Å². The Labute approximate surface area is 419 Å². The van der Waals surface area contributed by atoms with E-state index < -0.39 is 35.7 Å². The van der Waals surface area contributed by atoms with Crippen LogP contribution in [0.2, 0.25) is 0 Å². The van der Waals surface area contributed by atoms with Crippen molar-refractivity contribution in [3.05, 3.63) is 106 Å². The summed E-state index contributed by atoms with van der Waals surface area (Å²) in [5, 5.41) is 77.3. The molecular weight excluding hydrogens is 883 g/mol. The zero-order chi connectivity index (χ0) is 50.5. The Bertz CT molecular complexity index is 2030. The molecule has 12 heteroatoms. The number of fused-ring (bicyclic) bond motifs is 5. The summed E-state index contributed by atoms with van der Waals surface area (Å²) in [6.45, 7) is 12.6. The average molecular weight is 972 g/mol. The van der Waals surface area contributed by atoms with Gasteiger partial charge in [0.1, 0.15) is 12.4 Å². The number of carbonyl (C=O) groups excluding carboxylic acids is 1. The first kappa shape index (κ1) is 56.2. The Hall–Kier alpha value is -3.11. The van der Waals surface area contributed by atoms with Gasteiger partial charge in [-0.05, 0) is 157 Å². The topological polar surface area (TPSA) is 193 Å². The molecule has 4 aliphatic carbocycles. The van der Waals surface area contributed by atoms with Crippen molar-refractivity contribution in [3.8, 4) is 0 Å². The van der Waals surface area contributed by atoms with Gasteiger partial charge < -0.3 is 56.1 Å². The molecule has 6 rings (SSSR count). The van der Waals surface area contributed by atoms with Crippen LogP contribution >= 0.6 is 0 Å². The lowest BCUT2D eigenvalue weighted by Gasteiger charge is -2.61. The van der Waals surface area contributed by atoms with Crippen LogP contribution in [-0.4, -0.2) is 139 Å². The van der Waals surface area contributed by atoms with E-state index in [1.807, 2.05) is 33.0 Å². The molecule has 1 spiro atoms. The highest BCUT2D eigenvalue weighted by Crippen LogP contribution is 2.67. The summed E-state index contributed by atoms with van der Waals surface area (Å²) < 4.78 is 11.8. The fourth-order valence-corrected chi connectivity index (χ4v) is 13.5. The minimum Gasteiger partial charge on any atom is -0.396 e. The zero-order valence-corrected chi connectivity index (χ0v) is 43.1. The Morgan fingerprint density at radius 1 is 1.11 bits per heavy atom. The highest BCUT2D eigenvalue weighted by molar-refractivity contribution is 5.74. The lowest BCUT2D eigenvalue weighted by atomic mass is 9.45. The van der Waals surface area contributed by atoms with E-state index in [-0.39, 0.29) is 55.1 Å². The van der Waals surface area contributed by atoms with Crippen molar-refractivity contribution < 1.29 is 44.9 Å². The minimum atomic E-state index is -1.28. The number of aliphatic hydroxyl groups is 6. The highest BCUT2D eigenvalue weighted by Gasteiger charge is 2.68. The number of hydrogen-bond acceptors (Lipinski definition) is 12. The summed E-state index contributed by atoms with van der Waals surface area (Å²) in [4.78, 5) is 12.5. The van der Waals surface area contributed by atoms with Crippen molar-refractivity contribution in [1.29, 1.82) is 0 Å². The molecule has 1 aromatic carbocycles. The van der Waals surface area contributed by atoms with Gasteiger partial charge in [0.05, 0.1) is 37.6 Å². The predicted octanol–water partition coefficient (Wildman–Crippen LogP) is 5.86. The number of hydrogen-bond donors (Lipinski definition) is 9. The normalized spacial score (nSPS) is 35.2. The first-order valence-corrected chi connectivity index (χ1v) is 26.5. The molecule has 3 fully saturated rings. The maximum atomic E-state index is 13.0. The summed E-state index contributed by atoms with van der Waals surface area (Å²) >= 11 is 0. The van der Waals surface area contributed by atoms with E-state index in [0.29, 0.717) is 69.3 Å². The van der Waals surface area contributed by atoms with Crippen molar-refractivity contribution in [2.24, 2.45) is 40.9 Å². The molecule has 0 aromatic heterocycles. The first-order chi connectivity index (χ1) is 33.7. The number of allylic oxidation sites excluding steroid dienone is 9. The molecule has 1 aliphatic heterocycles. The molecule has 13 atom stereocenters. The molecule has 0 radical (unpaired) electrons. The molecule has 9 N–H and O–H groups in total. The summed E-state index contributed by atoms with van der Waals surface area (Å²) in [5.74, 6) is -0.567. The van der Waals surface area contributed by atoms with E-state index in [0.717, 1.165) is 80.9 Å². The van der Waals surface area contributed by atoms with Crippen molar-refractivity contribution in [2.75, 3.05) is 66.8 Å². The van der Waals surface area contributed by atoms with E-state index in [4.69, 9.17) is 9.47 Å². The smallest absolute Gasteiger partial charge is 0.145 e. The third-order valence-corrected chi connectivity index (χ3v) is 17.2. The number of rotatable bonds is 22. The van der Waals surface area contributed by atoms with E-state index in [2.05, 4.69) is 78.0 Å². The maximum absolute atomic E-state index is 13.0. The second-order valence-corrected chi connectivity index (χ2v) is 21.9. The summed E-state index contributed by atoms with van der Waals surface area (Å²) in [7, 11) is 3.65. The molecule has 3 saturated carbocycles. The van der Waals surface area contributed by atoms with Gasteiger partial charge in [0.2, 0.25) is 0 Å². The monoisotopic (exact) mass is 972 g/mol. The largest absolute Gasteiger partial charge is 0.396 e. The van der Waals surface area contributed by atoms with Gasteiger partial charge in [0.15, 0.2) is 0 Å². The summed E-state index contributed by atoms with van der Waals surface area (Å²) in [6, 6.07) is 9.41. The molecule has 4 bridgehead atoms. The second kappa shape index (κ2) is 26.2.